The lowest BCUT2D eigenvalue weighted by Crippen LogP contribution is -2.31. The molecule has 0 saturated heterocycles. The zero-order valence-electron chi connectivity index (χ0n) is 14.1. The summed E-state index contributed by atoms with van der Waals surface area (Å²) >= 11 is 0. The summed E-state index contributed by atoms with van der Waals surface area (Å²) < 4.78 is 26.7. The van der Waals surface area contributed by atoms with Gasteiger partial charge < -0.3 is 10.6 Å². The van der Waals surface area contributed by atoms with Crippen LogP contribution in [0.2, 0.25) is 0 Å². The lowest BCUT2D eigenvalue weighted by atomic mass is 10.1. The van der Waals surface area contributed by atoms with Gasteiger partial charge in [0.15, 0.2) is 0 Å². The number of benzene rings is 2. The number of rotatable bonds is 6. The maximum Gasteiger partial charge on any atom is 0.254 e. The standard InChI is InChI=1S/C19H20F2N2O2/c1-3-12(2)23-18(24)14-6-4-13(5-7-14)11-22-19(25)16-10-15(20)8-9-17(16)21/h4-10,12H,3,11H2,1-2H3,(H,22,25)(H,23,24). The topological polar surface area (TPSA) is 58.2 Å². The van der Waals surface area contributed by atoms with E-state index in [1.807, 2.05) is 13.8 Å². The van der Waals surface area contributed by atoms with Gasteiger partial charge in [0.2, 0.25) is 0 Å². The molecule has 2 amide bonds. The average Bonchev–Trinajstić information content (AvgIpc) is 2.61. The highest BCUT2D eigenvalue weighted by molar-refractivity contribution is 5.95. The van der Waals surface area contributed by atoms with Crippen LogP contribution in [0.15, 0.2) is 42.5 Å². The van der Waals surface area contributed by atoms with E-state index >= 15 is 0 Å². The van der Waals surface area contributed by atoms with E-state index in [0.29, 0.717) is 5.56 Å². The molecule has 0 aromatic heterocycles. The Morgan fingerprint density at radius 2 is 1.72 bits per heavy atom. The van der Waals surface area contributed by atoms with E-state index in [1.165, 1.54) is 0 Å². The van der Waals surface area contributed by atoms with Gasteiger partial charge in [-0.2, -0.15) is 0 Å². The average molecular weight is 346 g/mol. The molecular formula is C19H20F2N2O2. The fraction of sp³-hybridized carbons (Fsp3) is 0.263. The first-order valence-electron chi connectivity index (χ1n) is 8.03. The van der Waals surface area contributed by atoms with E-state index in [9.17, 15) is 18.4 Å². The summed E-state index contributed by atoms with van der Waals surface area (Å²) in [5.41, 5.74) is 0.918. The van der Waals surface area contributed by atoms with Gasteiger partial charge in [0, 0.05) is 18.2 Å². The van der Waals surface area contributed by atoms with Crippen LogP contribution < -0.4 is 10.6 Å². The molecule has 0 aliphatic rings. The second kappa shape index (κ2) is 8.37. The van der Waals surface area contributed by atoms with Gasteiger partial charge in [0.05, 0.1) is 5.56 Å². The summed E-state index contributed by atoms with van der Waals surface area (Å²) in [6, 6.07) is 9.52. The minimum Gasteiger partial charge on any atom is -0.350 e. The van der Waals surface area contributed by atoms with E-state index in [4.69, 9.17) is 0 Å². The van der Waals surface area contributed by atoms with Crippen LogP contribution in [0.25, 0.3) is 0 Å². The van der Waals surface area contributed by atoms with E-state index in [0.717, 1.165) is 30.2 Å². The number of nitrogens with one attached hydrogen (secondary N) is 2. The van der Waals surface area contributed by atoms with Gasteiger partial charge in [-0.05, 0) is 49.2 Å². The molecule has 0 aliphatic carbocycles. The minimum atomic E-state index is -0.782. The van der Waals surface area contributed by atoms with Gasteiger partial charge in [-0.15, -0.1) is 0 Å². The Balaban J connectivity index is 1.96. The van der Waals surface area contributed by atoms with Crippen molar-refractivity contribution in [1.82, 2.24) is 10.6 Å². The summed E-state index contributed by atoms with van der Waals surface area (Å²) in [6.07, 6.45) is 0.840. The molecule has 1 unspecified atom stereocenters. The normalized spacial score (nSPS) is 11.7. The van der Waals surface area contributed by atoms with Gasteiger partial charge in [-0.3, -0.25) is 9.59 Å². The lowest BCUT2D eigenvalue weighted by Gasteiger charge is -2.12. The van der Waals surface area contributed by atoms with Gasteiger partial charge in [0.25, 0.3) is 11.8 Å². The first kappa shape index (κ1) is 18.6. The number of halogens is 2. The Labute approximate surface area is 145 Å². The van der Waals surface area contributed by atoms with E-state index < -0.39 is 17.5 Å². The summed E-state index contributed by atoms with van der Waals surface area (Å²) in [4.78, 5) is 23.9. The highest BCUT2D eigenvalue weighted by atomic mass is 19.1. The number of carbonyl (C=O) groups is 2. The minimum absolute atomic E-state index is 0.0904. The predicted octanol–water partition coefficient (Wildman–Crippen LogP) is 3.42. The van der Waals surface area contributed by atoms with Crippen molar-refractivity contribution in [3.05, 3.63) is 70.8 Å². The predicted molar refractivity (Wildman–Crippen MR) is 91.2 cm³/mol. The van der Waals surface area contributed by atoms with Crippen LogP contribution in [-0.2, 0) is 6.54 Å². The molecule has 0 heterocycles. The Morgan fingerprint density at radius 3 is 2.36 bits per heavy atom. The van der Waals surface area contributed by atoms with Gasteiger partial charge in [0.1, 0.15) is 11.6 Å². The Morgan fingerprint density at radius 1 is 1.04 bits per heavy atom. The molecule has 0 radical (unpaired) electrons. The van der Waals surface area contributed by atoms with Gasteiger partial charge in [-0.25, -0.2) is 8.78 Å². The molecule has 2 rings (SSSR count). The van der Waals surface area contributed by atoms with Crippen LogP contribution in [0, 0.1) is 11.6 Å². The molecule has 6 heteroatoms. The fourth-order valence-corrected chi connectivity index (χ4v) is 2.13. The quantitative estimate of drug-likeness (QED) is 0.842. The van der Waals surface area contributed by atoms with Gasteiger partial charge >= 0.3 is 0 Å². The third-order valence-corrected chi connectivity index (χ3v) is 3.83. The van der Waals surface area contributed by atoms with Crippen molar-refractivity contribution in [3.63, 3.8) is 0 Å². The van der Waals surface area contributed by atoms with Crippen molar-refractivity contribution in [2.75, 3.05) is 0 Å². The zero-order chi connectivity index (χ0) is 18.4. The van der Waals surface area contributed by atoms with Crippen LogP contribution >= 0.6 is 0 Å². The third-order valence-electron chi connectivity index (χ3n) is 3.83. The maximum atomic E-state index is 13.5. The molecule has 0 fully saturated rings. The highest BCUT2D eigenvalue weighted by Crippen LogP contribution is 2.10. The van der Waals surface area contributed by atoms with Crippen LogP contribution in [-0.4, -0.2) is 17.9 Å². The van der Waals surface area contributed by atoms with E-state index in [2.05, 4.69) is 10.6 Å². The number of carbonyl (C=O) groups excluding carboxylic acids is 2. The molecule has 0 saturated carbocycles. The smallest absolute Gasteiger partial charge is 0.254 e. The summed E-state index contributed by atoms with van der Waals surface area (Å²) in [7, 11) is 0. The molecule has 0 bridgehead atoms. The van der Waals surface area contributed by atoms with Crippen LogP contribution in [0.5, 0.6) is 0 Å². The van der Waals surface area contributed by atoms with Crippen LogP contribution in [0.4, 0.5) is 8.78 Å². The first-order chi connectivity index (χ1) is 11.9. The molecule has 2 aromatic rings. The zero-order valence-corrected chi connectivity index (χ0v) is 14.1. The van der Waals surface area contributed by atoms with E-state index in [1.54, 1.807) is 24.3 Å². The van der Waals surface area contributed by atoms with Crippen molar-refractivity contribution in [2.45, 2.75) is 32.9 Å². The molecule has 1 atom stereocenters. The maximum absolute atomic E-state index is 13.5. The molecule has 132 valence electrons. The summed E-state index contributed by atoms with van der Waals surface area (Å²) in [5, 5.41) is 5.39. The van der Waals surface area contributed by atoms with Crippen LogP contribution in [0.3, 0.4) is 0 Å². The first-order valence-corrected chi connectivity index (χ1v) is 8.03. The van der Waals surface area contributed by atoms with Crippen molar-refractivity contribution in [1.29, 1.82) is 0 Å². The lowest BCUT2D eigenvalue weighted by molar-refractivity contribution is 0.0932. The molecule has 2 aromatic carbocycles. The number of amides is 2. The van der Waals surface area contributed by atoms with Crippen molar-refractivity contribution in [3.8, 4) is 0 Å². The fourth-order valence-electron chi connectivity index (χ4n) is 2.13. The molecule has 25 heavy (non-hydrogen) atoms. The van der Waals surface area contributed by atoms with Gasteiger partial charge in [-0.1, -0.05) is 19.1 Å². The van der Waals surface area contributed by atoms with Crippen molar-refractivity contribution >= 4 is 11.8 Å². The molecule has 0 aliphatic heterocycles. The molecular weight excluding hydrogens is 326 g/mol. The SMILES string of the molecule is CCC(C)NC(=O)c1ccc(CNC(=O)c2cc(F)ccc2F)cc1. The second-order valence-electron chi connectivity index (χ2n) is 5.79. The number of hydrogen-bond acceptors (Lipinski definition) is 2. The van der Waals surface area contributed by atoms with E-state index in [-0.39, 0.29) is 24.1 Å². The van der Waals surface area contributed by atoms with Crippen molar-refractivity contribution < 1.29 is 18.4 Å². The molecule has 0 spiro atoms. The Kier molecular flexibility index (Phi) is 6.22. The monoisotopic (exact) mass is 346 g/mol. The second-order valence-corrected chi connectivity index (χ2v) is 5.79. The van der Waals surface area contributed by atoms with Crippen molar-refractivity contribution in [2.24, 2.45) is 0 Å². The number of hydrogen-bond donors (Lipinski definition) is 2. The Bertz CT molecular complexity index is 761. The Hall–Kier alpha value is -2.76. The third kappa shape index (κ3) is 5.11. The van der Waals surface area contributed by atoms with Crippen LogP contribution in [0.1, 0.15) is 46.5 Å². The largest absolute Gasteiger partial charge is 0.350 e. The summed E-state index contributed by atoms with van der Waals surface area (Å²) in [6.45, 7) is 4.05. The molecule has 2 N–H and O–H groups in total. The highest BCUT2D eigenvalue weighted by Gasteiger charge is 2.13. The molecule has 4 nitrogen and oxygen atoms in total. The summed E-state index contributed by atoms with van der Waals surface area (Å²) in [5.74, 6) is -2.32.